The average molecular weight is 421 g/mol. The molecule has 1 aliphatic rings. The first-order chi connectivity index (χ1) is 14.7. The van der Waals surface area contributed by atoms with Crippen LogP contribution in [0.5, 0.6) is 0 Å². The van der Waals surface area contributed by atoms with Gasteiger partial charge in [0, 0.05) is 47.6 Å². The number of hydrogen-bond acceptors (Lipinski definition) is 5. The Morgan fingerprint density at radius 1 is 1.13 bits per heavy atom. The number of nitrogens with one attached hydrogen (secondary N) is 2. The second-order valence-electron chi connectivity index (χ2n) is 7.43. The van der Waals surface area contributed by atoms with Gasteiger partial charge in [-0.1, -0.05) is 35.9 Å². The standard InChI is InChI=1S/C22H21ClN6O/c23-18-14-25-22(27-21(18)17-13-24-19-6-2-1-5-16(17)19)26-15-8-11-28(12-9-15)20-7-3-4-10-29(20)30/h1-7,10,13-15,24H,8-9,11-12H2,(H,25,26,27). The molecule has 30 heavy (non-hydrogen) atoms. The first kappa shape index (κ1) is 18.7. The minimum atomic E-state index is 0.238. The molecule has 8 heteroatoms. The number of rotatable bonds is 4. The molecule has 152 valence electrons. The third-order valence-electron chi connectivity index (χ3n) is 5.54. The van der Waals surface area contributed by atoms with Crippen LogP contribution in [0.3, 0.4) is 0 Å². The Balaban J connectivity index is 1.32. The van der Waals surface area contributed by atoms with Gasteiger partial charge in [-0.3, -0.25) is 4.90 Å². The topological polar surface area (TPSA) is 83.8 Å². The summed E-state index contributed by atoms with van der Waals surface area (Å²) >= 11 is 6.43. The summed E-state index contributed by atoms with van der Waals surface area (Å²) in [6.07, 6.45) is 6.90. The lowest BCUT2D eigenvalue weighted by Gasteiger charge is -2.29. The number of benzene rings is 1. The van der Waals surface area contributed by atoms with Gasteiger partial charge < -0.3 is 15.5 Å². The van der Waals surface area contributed by atoms with Crippen LogP contribution in [-0.2, 0) is 0 Å². The van der Waals surface area contributed by atoms with Crippen molar-refractivity contribution in [1.82, 2.24) is 15.0 Å². The van der Waals surface area contributed by atoms with Crippen LogP contribution < -0.4 is 14.9 Å². The second kappa shape index (κ2) is 7.84. The van der Waals surface area contributed by atoms with E-state index in [4.69, 9.17) is 16.6 Å². The Morgan fingerprint density at radius 3 is 2.77 bits per heavy atom. The van der Waals surface area contributed by atoms with Crippen molar-refractivity contribution >= 4 is 34.3 Å². The van der Waals surface area contributed by atoms with Crippen molar-refractivity contribution in [2.45, 2.75) is 18.9 Å². The van der Waals surface area contributed by atoms with Crippen molar-refractivity contribution in [3.63, 3.8) is 0 Å². The van der Waals surface area contributed by atoms with Crippen molar-refractivity contribution < 1.29 is 4.73 Å². The van der Waals surface area contributed by atoms with Crippen LogP contribution in [0.25, 0.3) is 22.2 Å². The van der Waals surface area contributed by atoms with Crippen LogP contribution in [0.1, 0.15) is 12.8 Å². The van der Waals surface area contributed by atoms with Gasteiger partial charge in [0.25, 0.3) is 5.82 Å². The number of anilines is 2. The molecule has 0 spiro atoms. The van der Waals surface area contributed by atoms with Gasteiger partial charge in [-0.2, -0.15) is 0 Å². The third kappa shape index (κ3) is 3.52. The number of aromatic nitrogens is 4. The molecule has 4 heterocycles. The lowest BCUT2D eigenvalue weighted by atomic mass is 10.1. The highest BCUT2D eigenvalue weighted by Crippen LogP contribution is 2.32. The largest absolute Gasteiger partial charge is 0.711 e. The molecule has 0 unspecified atom stereocenters. The fraction of sp³-hybridized carbons (Fsp3) is 0.227. The molecule has 3 aromatic heterocycles. The predicted octanol–water partition coefficient (Wildman–Crippen LogP) is 3.99. The zero-order valence-corrected chi connectivity index (χ0v) is 17.0. The van der Waals surface area contributed by atoms with E-state index in [0.717, 1.165) is 47.1 Å². The van der Waals surface area contributed by atoms with E-state index in [2.05, 4.69) is 20.2 Å². The number of aromatic amines is 1. The Kier molecular flexibility index (Phi) is 4.88. The minimum Gasteiger partial charge on any atom is -0.711 e. The molecule has 0 saturated carbocycles. The summed E-state index contributed by atoms with van der Waals surface area (Å²) in [5, 5.41) is 17.0. The lowest BCUT2D eigenvalue weighted by molar-refractivity contribution is -0.592. The lowest BCUT2D eigenvalue weighted by Crippen LogP contribution is -2.45. The zero-order valence-electron chi connectivity index (χ0n) is 16.3. The predicted molar refractivity (Wildman–Crippen MR) is 119 cm³/mol. The molecule has 0 radical (unpaired) electrons. The number of halogens is 1. The second-order valence-corrected chi connectivity index (χ2v) is 7.84. The number of pyridine rings is 1. The van der Waals surface area contributed by atoms with Gasteiger partial charge in [0.15, 0.2) is 0 Å². The van der Waals surface area contributed by atoms with E-state index < -0.39 is 0 Å². The van der Waals surface area contributed by atoms with E-state index in [9.17, 15) is 5.21 Å². The molecule has 7 nitrogen and oxygen atoms in total. The van der Waals surface area contributed by atoms with Gasteiger partial charge in [0.1, 0.15) is 0 Å². The molecular weight excluding hydrogens is 400 g/mol. The quantitative estimate of drug-likeness (QED) is 0.385. The van der Waals surface area contributed by atoms with E-state index in [-0.39, 0.29) is 6.04 Å². The van der Waals surface area contributed by atoms with Crippen molar-refractivity contribution in [3.8, 4) is 11.3 Å². The Hall–Kier alpha value is -3.32. The maximum Gasteiger partial charge on any atom is 0.279 e. The maximum atomic E-state index is 12.0. The van der Waals surface area contributed by atoms with Gasteiger partial charge >= 0.3 is 0 Å². The molecule has 5 rings (SSSR count). The molecule has 1 aliphatic heterocycles. The van der Waals surface area contributed by atoms with E-state index in [1.165, 1.54) is 6.20 Å². The summed E-state index contributed by atoms with van der Waals surface area (Å²) in [5.74, 6) is 1.26. The number of piperidine rings is 1. The molecule has 0 bridgehead atoms. The summed E-state index contributed by atoms with van der Waals surface area (Å²) in [4.78, 5) is 14.5. The Labute approximate surface area is 178 Å². The molecule has 0 amide bonds. The molecule has 0 aliphatic carbocycles. The van der Waals surface area contributed by atoms with Gasteiger partial charge in [-0.25, -0.2) is 14.7 Å². The Bertz CT molecular complexity index is 1190. The van der Waals surface area contributed by atoms with Crippen LogP contribution >= 0.6 is 11.6 Å². The molecular formula is C22H21ClN6O. The van der Waals surface area contributed by atoms with Crippen LogP contribution in [0.4, 0.5) is 11.8 Å². The molecule has 1 aromatic carbocycles. The molecule has 4 aromatic rings. The maximum absolute atomic E-state index is 12.0. The SMILES string of the molecule is [O-][n+]1ccccc1N1CCC(Nc2ncc(Cl)c(-c3c[nH]c4ccccc34)n2)CC1. The highest BCUT2D eigenvalue weighted by molar-refractivity contribution is 6.33. The number of fused-ring (bicyclic) bond motifs is 1. The minimum absolute atomic E-state index is 0.238. The summed E-state index contributed by atoms with van der Waals surface area (Å²) in [6, 6.07) is 13.8. The van der Waals surface area contributed by atoms with Crippen LogP contribution in [0, 0.1) is 5.21 Å². The average Bonchev–Trinajstić information content (AvgIpc) is 3.20. The van der Waals surface area contributed by atoms with Crippen LogP contribution in [0.2, 0.25) is 5.02 Å². The highest BCUT2D eigenvalue weighted by Gasteiger charge is 2.26. The van der Waals surface area contributed by atoms with Gasteiger partial charge in [-0.15, -0.1) is 0 Å². The van der Waals surface area contributed by atoms with Crippen LogP contribution in [-0.4, -0.2) is 34.1 Å². The number of hydrogen-bond donors (Lipinski definition) is 2. The summed E-state index contributed by atoms with van der Waals surface area (Å²) in [7, 11) is 0. The molecule has 1 fully saturated rings. The van der Waals surface area contributed by atoms with Gasteiger partial charge in [-0.05, 0) is 12.1 Å². The van der Waals surface area contributed by atoms with Crippen molar-refractivity contribution in [2.75, 3.05) is 23.3 Å². The fourth-order valence-electron chi connectivity index (χ4n) is 3.99. The smallest absolute Gasteiger partial charge is 0.279 e. The van der Waals surface area contributed by atoms with Crippen molar-refractivity contribution in [1.29, 1.82) is 0 Å². The van der Waals surface area contributed by atoms with E-state index in [1.807, 2.05) is 42.6 Å². The molecule has 2 N–H and O–H groups in total. The normalized spacial score (nSPS) is 14.9. The number of nitrogens with zero attached hydrogens (tertiary/aromatic N) is 4. The monoisotopic (exact) mass is 420 g/mol. The summed E-state index contributed by atoms with van der Waals surface area (Å²) < 4.78 is 0.920. The van der Waals surface area contributed by atoms with Crippen molar-refractivity contribution in [2.24, 2.45) is 0 Å². The van der Waals surface area contributed by atoms with E-state index in [1.54, 1.807) is 12.3 Å². The van der Waals surface area contributed by atoms with Gasteiger partial charge in [0.2, 0.25) is 5.95 Å². The van der Waals surface area contributed by atoms with Crippen molar-refractivity contribution in [3.05, 3.63) is 71.3 Å². The Morgan fingerprint density at radius 2 is 1.93 bits per heavy atom. The number of para-hydroxylation sites is 1. The summed E-state index contributed by atoms with van der Waals surface area (Å²) in [6.45, 7) is 1.60. The highest BCUT2D eigenvalue weighted by atomic mass is 35.5. The van der Waals surface area contributed by atoms with Crippen LogP contribution in [0.15, 0.2) is 61.1 Å². The van der Waals surface area contributed by atoms with Gasteiger partial charge in [0.05, 0.1) is 36.2 Å². The first-order valence-corrected chi connectivity index (χ1v) is 10.4. The third-order valence-corrected chi connectivity index (χ3v) is 5.82. The zero-order chi connectivity index (χ0) is 20.5. The van der Waals surface area contributed by atoms with E-state index in [0.29, 0.717) is 22.5 Å². The number of H-pyrrole nitrogens is 1. The molecule has 0 atom stereocenters. The molecule has 1 saturated heterocycles. The van der Waals surface area contributed by atoms with E-state index >= 15 is 0 Å². The fourth-order valence-corrected chi connectivity index (χ4v) is 4.19. The summed E-state index contributed by atoms with van der Waals surface area (Å²) in [5.41, 5.74) is 2.71. The first-order valence-electron chi connectivity index (χ1n) is 9.98.